The van der Waals surface area contributed by atoms with E-state index in [1.54, 1.807) is 24.9 Å². The topological polar surface area (TPSA) is 60.2 Å². The Morgan fingerprint density at radius 3 is 2.83 bits per heavy atom. The molecule has 3 rings (SSSR count). The first-order valence-electron chi connectivity index (χ1n) is 6.14. The van der Waals surface area contributed by atoms with Gasteiger partial charge in [0.15, 0.2) is 0 Å². The Morgan fingerprint density at radius 1 is 1.22 bits per heavy atom. The largest absolute Gasteiger partial charge is 0.473 e. The van der Waals surface area contributed by atoms with Crippen molar-refractivity contribution >= 4 is 0 Å². The van der Waals surface area contributed by atoms with Gasteiger partial charge in [-0.15, -0.1) is 0 Å². The lowest BCUT2D eigenvalue weighted by atomic mass is 10.1. The van der Waals surface area contributed by atoms with Crippen LogP contribution < -0.4 is 10.1 Å². The van der Waals surface area contributed by atoms with Gasteiger partial charge < -0.3 is 14.5 Å². The van der Waals surface area contributed by atoms with E-state index in [-0.39, 0.29) is 6.10 Å². The van der Waals surface area contributed by atoms with E-state index in [2.05, 4.69) is 15.3 Å². The minimum atomic E-state index is 0.216. The quantitative estimate of drug-likeness (QED) is 0.894. The summed E-state index contributed by atoms with van der Waals surface area (Å²) in [5, 5.41) is 3.31. The van der Waals surface area contributed by atoms with Crippen molar-refractivity contribution in [1.82, 2.24) is 15.3 Å². The minimum Gasteiger partial charge on any atom is -0.473 e. The highest BCUT2D eigenvalue weighted by molar-refractivity contribution is 5.62. The fourth-order valence-corrected chi connectivity index (χ4v) is 2.08. The van der Waals surface area contributed by atoms with E-state index in [0.29, 0.717) is 5.88 Å². The summed E-state index contributed by atoms with van der Waals surface area (Å²) in [6, 6.07) is 1.86. The molecule has 0 aliphatic carbocycles. The molecular weight excluding hydrogens is 230 g/mol. The molecule has 0 spiro atoms. The van der Waals surface area contributed by atoms with E-state index in [1.165, 1.54) is 0 Å². The van der Waals surface area contributed by atoms with Gasteiger partial charge in [-0.25, -0.2) is 9.97 Å². The first kappa shape index (κ1) is 11.2. The lowest BCUT2D eigenvalue weighted by Gasteiger charge is -2.23. The van der Waals surface area contributed by atoms with Crippen molar-refractivity contribution < 1.29 is 9.15 Å². The summed E-state index contributed by atoms with van der Waals surface area (Å²) in [6.07, 6.45) is 8.81. The molecule has 0 atom stereocenters. The van der Waals surface area contributed by atoms with Crippen LogP contribution in [0.2, 0.25) is 0 Å². The number of piperidine rings is 1. The summed E-state index contributed by atoms with van der Waals surface area (Å²) in [6.45, 7) is 1.98. The monoisotopic (exact) mass is 245 g/mol. The predicted molar refractivity (Wildman–Crippen MR) is 66.3 cm³/mol. The van der Waals surface area contributed by atoms with E-state index in [9.17, 15) is 0 Å². The SMILES string of the molecule is c1cnc(-c2ccoc2)c(OC2CCNCC2)n1. The van der Waals surface area contributed by atoms with Crippen LogP contribution in [0.4, 0.5) is 0 Å². The molecule has 0 bridgehead atoms. The van der Waals surface area contributed by atoms with E-state index in [1.807, 2.05) is 6.07 Å². The first-order valence-corrected chi connectivity index (χ1v) is 6.14. The van der Waals surface area contributed by atoms with E-state index in [0.717, 1.165) is 37.2 Å². The summed E-state index contributed by atoms with van der Waals surface area (Å²) in [5.41, 5.74) is 1.64. The van der Waals surface area contributed by atoms with Crippen LogP contribution >= 0.6 is 0 Å². The Hall–Kier alpha value is -1.88. The fourth-order valence-electron chi connectivity index (χ4n) is 2.08. The maximum Gasteiger partial charge on any atom is 0.240 e. The molecule has 5 heteroatoms. The van der Waals surface area contributed by atoms with Crippen molar-refractivity contribution in [1.29, 1.82) is 0 Å². The van der Waals surface area contributed by atoms with Crippen LogP contribution in [0.25, 0.3) is 11.3 Å². The molecule has 0 saturated carbocycles. The molecule has 2 aromatic rings. The van der Waals surface area contributed by atoms with Crippen molar-refractivity contribution in [2.75, 3.05) is 13.1 Å². The fraction of sp³-hybridized carbons (Fsp3) is 0.385. The molecule has 1 aliphatic rings. The number of hydrogen-bond acceptors (Lipinski definition) is 5. The van der Waals surface area contributed by atoms with Gasteiger partial charge in [-0.05, 0) is 32.0 Å². The summed E-state index contributed by atoms with van der Waals surface area (Å²) >= 11 is 0. The molecule has 1 N–H and O–H groups in total. The summed E-state index contributed by atoms with van der Waals surface area (Å²) < 4.78 is 11.0. The molecule has 0 aromatic carbocycles. The second-order valence-electron chi connectivity index (χ2n) is 4.29. The van der Waals surface area contributed by atoms with Crippen LogP contribution in [0.3, 0.4) is 0 Å². The third-order valence-electron chi connectivity index (χ3n) is 3.02. The highest BCUT2D eigenvalue weighted by Gasteiger charge is 2.18. The number of hydrogen-bond donors (Lipinski definition) is 1. The van der Waals surface area contributed by atoms with Gasteiger partial charge in [-0.3, -0.25) is 0 Å². The maximum absolute atomic E-state index is 5.95. The lowest BCUT2D eigenvalue weighted by molar-refractivity contribution is 0.156. The van der Waals surface area contributed by atoms with Gasteiger partial charge in [0.05, 0.1) is 12.5 Å². The zero-order valence-corrected chi connectivity index (χ0v) is 10.0. The van der Waals surface area contributed by atoms with Gasteiger partial charge >= 0.3 is 0 Å². The Bertz CT molecular complexity index is 493. The zero-order chi connectivity index (χ0) is 12.2. The number of ether oxygens (including phenoxy) is 1. The van der Waals surface area contributed by atoms with E-state index >= 15 is 0 Å². The molecule has 1 saturated heterocycles. The van der Waals surface area contributed by atoms with E-state index in [4.69, 9.17) is 9.15 Å². The van der Waals surface area contributed by atoms with Gasteiger partial charge in [0, 0.05) is 18.0 Å². The third kappa shape index (κ3) is 2.36. The molecule has 0 radical (unpaired) electrons. The first-order chi connectivity index (χ1) is 8.93. The van der Waals surface area contributed by atoms with Crippen LogP contribution in [0, 0.1) is 0 Å². The summed E-state index contributed by atoms with van der Waals surface area (Å²) in [4.78, 5) is 8.61. The Kier molecular flexibility index (Phi) is 3.23. The number of rotatable bonds is 3. The molecule has 94 valence electrons. The number of nitrogens with zero attached hydrogens (tertiary/aromatic N) is 2. The minimum absolute atomic E-state index is 0.216. The van der Waals surface area contributed by atoms with Gasteiger partial charge in [0.25, 0.3) is 0 Å². The van der Waals surface area contributed by atoms with E-state index < -0.39 is 0 Å². The van der Waals surface area contributed by atoms with Gasteiger partial charge in [0.2, 0.25) is 5.88 Å². The van der Waals surface area contributed by atoms with Crippen LogP contribution in [0.5, 0.6) is 5.88 Å². The van der Waals surface area contributed by atoms with Crippen molar-refractivity contribution in [3.8, 4) is 17.1 Å². The average Bonchev–Trinajstić information content (AvgIpc) is 2.94. The van der Waals surface area contributed by atoms with Gasteiger partial charge in [-0.1, -0.05) is 0 Å². The number of nitrogens with one attached hydrogen (secondary N) is 1. The van der Waals surface area contributed by atoms with Crippen molar-refractivity contribution in [3.63, 3.8) is 0 Å². The third-order valence-corrected chi connectivity index (χ3v) is 3.02. The Labute approximate surface area is 105 Å². The second kappa shape index (κ2) is 5.18. The Balaban J connectivity index is 1.83. The number of aromatic nitrogens is 2. The smallest absolute Gasteiger partial charge is 0.240 e. The van der Waals surface area contributed by atoms with Crippen LogP contribution in [0.1, 0.15) is 12.8 Å². The average molecular weight is 245 g/mol. The molecule has 1 fully saturated rings. The molecular formula is C13H15N3O2. The molecule has 0 amide bonds. The normalized spacial score (nSPS) is 16.7. The maximum atomic E-state index is 5.95. The molecule has 18 heavy (non-hydrogen) atoms. The standard InChI is InChI=1S/C13H15N3O2/c1-4-14-5-2-11(1)18-13-12(15-6-7-16-13)10-3-8-17-9-10/h3,6-9,11,14H,1-2,4-5H2. The van der Waals surface area contributed by atoms with Crippen molar-refractivity contribution in [2.24, 2.45) is 0 Å². The summed E-state index contributed by atoms with van der Waals surface area (Å²) in [5.74, 6) is 0.589. The highest BCUT2D eigenvalue weighted by atomic mass is 16.5. The molecule has 3 heterocycles. The van der Waals surface area contributed by atoms with Crippen LogP contribution in [0.15, 0.2) is 35.4 Å². The zero-order valence-electron chi connectivity index (χ0n) is 10.0. The van der Waals surface area contributed by atoms with Gasteiger partial charge in [0.1, 0.15) is 11.8 Å². The van der Waals surface area contributed by atoms with Crippen LogP contribution in [-0.4, -0.2) is 29.2 Å². The van der Waals surface area contributed by atoms with Crippen molar-refractivity contribution in [3.05, 3.63) is 31.0 Å². The second-order valence-corrected chi connectivity index (χ2v) is 4.29. The molecule has 2 aromatic heterocycles. The van der Waals surface area contributed by atoms with Crippen LogP contribution in [-0.2, 0) is 0 Å². The Morgan fingerprint density at radius 2 is 2.06 bits per heavy atom. The molecule has 0 unspecified atom stereocenters. The predicted octanol–water partition coefficient (Wildman–Crippen LogP) is 1.87. The number of furan rings is 1. The molecule has 5 nitrogen and oxygen atoms in total. The summed E-state index contributed by atoms with van der Waals surface area (Å²) in [7, 11) is 0. The van der Waals surface area contributed by atoms with Crippen molar-refractivity contribution in [2.45, 2.75) is 18.9 Å². The lowest BCUT2D eigenvalue weighted by Crippen LogP contribution is -2.34. The highest BCUT2D eigenvalue weighted by Crippen LogP contribution is 2.27. The molecule has 1 aliphatic heterocycles. The van der Waals surface area contributed by atoms with Gasteiger partial charge in [-0.2, -0.15) is 0 Å².